The lowest BCUT2D eigenvalue weighted by molar-refractivity contribution is 0.170. The molecule has 0 atom stereocenters. The standard InChI is InChI=1S/C18H21NO/c1-15-7-5-6-10-18(15)20-17-11-13-19(14-12-17)16-8-3-2-4-9-16/h2-10,17H,11-14H2,1H3. The van der Waals surface area contributed by atoms with Crippen LogP contribution in [0, 0.1) is 6.92 Å². The maximum absolute atomic E-state index is 6.14. The third-order valence-electron chi connectivity index (χ3n) is 3.95. The van der Waals surface area contributed by atoms with E-state index in [1.165, 1.54) is 11.3 Å². The highest BCUT2D eigenvalue weighted by atomic mass is 16.5. The summed E-state index contributed by atoms with van der Waals surface area (Å²) in [5.74, 6) is 1.03. The van der Waals surface area contributed by atoms with Crippen molar-refractivity contribution in [3.63, 3.8) is 0 Å². The number of nitrogens with zero attached hydrogens (tertiary/aromatic N) is 1. The summed E-state index contributed by atoms with van der Waals surface area (Å²) in [5, 5.41) is 0. The first-order valence-corrected chi connectivity index (χ1v) is 7.35. The molecule has 1 heterocycles. The Morgan fingerprint density at radius 1 is 0.900 bits per heavy atom. The van der Waals surface area contributed by atoms with E-state index in [9.17, 15) is 0 Å². The summed E-state index contributed by atoms with van der Waals surface area (Å²) in [7, 11) is 0. The van der Waals surface area contributed by atoms with E-state index >= 15 is 0 Å². The Balaban J connectivity index is 1.58. The monoisotopic (exact) mass is 267 g/mol. The van der Waals surface area contributed by atoms with Crippen molar-refractivity contribution in [2.45, 2.75) is 25.9 Å². The highest BCUT2D eigenvalue weighted by Gasteiger charge is 2.20. The molecule has 0 amide bonds. The molecule has 2 heteroatoms. The van der Waals surface area contributed by atoms with Gasteiger partial charge in [-0.15, -0.1) is 0 Å². The predicted molar refractivity (Wildman–Crippen MR) is 83.5 cm³/mol. The molecule has 104 valence electrons. The van der Waals surface area contributed by atoms with Gasteiger partial charge in [0.15, 0.2) is 0 Å². The Labute approximate surface area is 121 Å². The molecule has 1 fully saturated rings. The zero-order valence-electron chi connectivity index (χ0n) is 12.0. The van der Waals surface area contributed by atoms with Crippen LogP contribution in [-0.4, -0.2) is 19.2 Å². The van der Waals surface area contributed by atoms with E-state index < -0.39 is 0 Å². The number of ether oxygens (including phenoxy) is 1. The van der Waals surface area contributed by atoms with Crippen LogP contribution in [-0.2, 0) is 0 Å². The van der Waals surface area contributed by atoms with Crippen molar-refractivity contribution in [3.05, 3.63) is 60.2 Å². The first kappa shape index (κ1) is 13.0. The van der Waals surface area contributed by atoms with Gasteiger partial charge in [0.05, 0.1) is 0 Å². The molecule has 1 aliphatic rings. The van der Waals surface area contributed by atoms with Gasteiger partial charge >= 0.3 is 0 Å². The SMILES string of the molecule is Cc1ccccc1OC1CCN(c2ccccc2)CC1. The van der Waals surface area contributed by atoms with Gasteiger partial charge in [-0.2, -0.15) is 0 Å². The second-order valence-electron chi connectivity index (χ2n) is 5.41. The normalized spacial score (nSPS) is 16.1. The minimum absolute atomic E-state index is 0.344. The molecule has 1 saturated heterocycles. The van der Waals surface area contributed by atoms with Gasteiger partial charge in [0, 0.05) is 31.6 Å². The fourth-order valence-electron chi connectivity index (χ4n) is 2.74. The number of rotatable bonds is 3. The lowest BCUT2D eigenvalue weighted by Gasteiger charge is -2.34. The zero-order chi connectivity index (χ0) is 13.8. The van der Waals surface area contributed by atoms with Gasteiger partial charge in [0.25, 0.3) is 0 Å². The molecule has 3 rings (SSSR count). The van der Waals surface area contributed by atoms with Gasteiger partial charge in [-0.1, -0.05) is 36.4 Å². The second kappa shape index (κ2) is 6.00. The third-order valence-corrected chi connectivity index (χ3v) is 3.95. The van der Waals surface area contributed by atoms with Gasteiger partial charge in [0.1, 0.15) is 11.9 Å². The van der Waals surface area contributed by atoms with E-state index in [0.717, 1.165) is 31.7 Å². The number of piperidine rings is 1. The topological polar surface area (TPSA) is 12.5 Å². The van der Waals surface area contributed by atoms with Crippen molar-refractivity contribution in [3.8, 4) is 5.75 Å². The number of hydrogen-bond acceptors (Lipinski definition) is 2. The fourth-order valence-corrected chi connectivity index (χ4v) is 2.74. The summed E-state index contributed by atoms with van der Waals surface area (Å²) in [5.41, 5.74) is 2.54. The first-order chi connectivity index (χ1) is 9.83. The molecule has 0 radical (unpaired) electrons. The van der Waals surface area contributed by atoms with Gasteiger partial charge in [-0.3, -0.25) is 0 Å². The smallest absolute Gasteiger partial charge is 0.122 e. The Hall–Kier alpha value is -1.96. The van der Waals surface area contributed by atoms with Crippen molar-refractivity contribution < 1.29 is 4.74 Å². The molecule has 0 aromatic heterocycles. The lowest BCUT2D eigenvalue weighted by atomic mass is 10.1. The highest BCUT2D eigenvalue weighted by molar-refractivity contribution is 5.46. The van der Waals surface area contributed by atoms with Crippen LogP contribution in [0.3, 0.4) is 0 Å². The number of anilines is 1. The summed E-state index contributed by atoms with van der Waals surface area (Å²) >= 11 is 0. The number of aryl methyl sites for hydroxylation is 1. The fraction of sp³-hybridized carbons (Fsp3) is 0.333. The molecule has 2 nitrogen and oxygen atoms in total. The zero-order valence-corrected chi connectivity index (χ0v) is 12.0. The highest BCUT2D eigenvalue weighted by Crippen LogP contribution is 2.24. The maximum Gasteiger partial charge on any atom is 0.122 e. The second-order valence-corrected chi connectivity index (χ2v) is 5.41. The summed E-state index contributed by atoms with van der Waals surface area (Å²) in [6.45, 7) is 4.25. The van der Waals surface area contributed by atoms with E-state index in [1.807, 2.05) is 6.07 Å². The molecule has 0 bridgehead atoms. The van der Waals surface area contributed by atoms with Crippen LogP contribution in [0.4, 0.5) is 5.69 Å². The Bertz CT molecular complexity index is 544. The Morgan fingerprint density at radius 2 is 1.55 bits per heavy atom. The van der Waals surface area contributed by atoms with Gasteiger partial charge in [-0.25, -0.2) is 0 Å². The summed E-state index contributed by atoms with van der Waals surface area (Å²) in [4.78, 5) is 2.44. The van der Waals surface area contributed by atoms with Crippen molar-refractivity contribution in [1.29, 1.82) is 0 Å². The van der Waals surface area contributed by atoms with E-state index in [-0.39, 0.29) is 0 Å². The molecule has 0 aliphatic carbocycles. The van der Waals surface area contributed by atoms with E-state index in [1.54, 1.807) is 0 Å². The van der Waals surface area contributed by atoms with Crippen LogP contribution < -0.4 is 9.64 Å². The average Bonchev–Trinajstić information content (AvgIpc) is 2.51. The predicted octanol–water partition coefficient (Wildman–Crippen LogP) is 4.04. The largest absolute Gasteiger partial charge is 0.490 e. The molecule has 0 N–H and O–H groups in total. The molecular formula is C18H21NO. The lowest BCUT2D eigenvalue weighted by Crippen LogP contribution is -2.38. The number of benzene rings is 2. The molecule has 0 saturated carbocycles. The Morgan fingerprint density at radius 3 is 2.25 bits per heavy atom. The Kier molecular flexibility index (Phi) is 3.91. The van der Waals surface area contributed by atoms with Crippen LogP contribution >= 0.6 is 0 Å². The summed E-state index contributed by atoms with van der Waals surface area (Å²) in [6.07, 6.45) is 2.52. The third kappa shape index (κ3) is 2.96. The molecule has 1 aliphatic heterocycles. The molecule has 20 heavy (non-hydrogen) atoms. The quantitative estimate of drug-likeness (QED) is 0.832. The minimum atomic E-state index is 0.344. The molecule has 0 unspecified atom stereocenters. The van der Waals surface area contributed by atoms with Gasteiger partial charge in [-0.05, 0) is 30.7 Å². The van der Waals surface area contributed by atoms with E-state index in [4.69, 9.17) is 4.74 Å². The van der Waals surface area contributed by atoms with Crippen LogP contribution in [0.15, 0.2) is 54.6 Å². The first-order valence-electron chi connectivity index (χ1n) is 7.35. The van der Waals surface area contributed by atoms with Crippen molar-refractivity contribution in [2.24, 2.45) is 0 Å². The number of para-hydroxylation sites is 2. The van der Waals surface area contributed by atoms with Gasteiger partial charge in [0.2, 0.25) is 0 Å². The maximum atomic E-state index is 6.14. The van der Waals surface area contributed by atoms with Crippen LogP contribution in [0.25, 0.3) is 0 Å². The summed E-state index contributed by atoms with van der Waals surface area (Å²) < 4.78 is 6.14. The molecule has 0 spiro atoms. The van der Waals surface area contributed by atoms with Gasteiger partial charge < -0.3 is 9.64 Å². The number of hydrogen-bond donors (Lipinski definition) is 0. The molecular weight excluding hydrogens is 246 g/mol. The minimum Gasteiger partial charge on any atom is -0.490 e. The average molecular weight is 267 g/mol. The summed E-state index contributed by atoms with van der Waals surface area (Å²) in [6, 6.07) is 18.9. The van der Waals surface area contributed by atoms with Crippen LogP contribution in [0.1, 0.15) is 18.4 Å². The van der Waals surface area contributed by atoms with Crippen LogP contribution in [0.2, 0.25) is 0 Å². The molecule has 2 aromatic rings. The van der Waals surface area contributed by atoms with E-state index in [2.05, 4.69) is 60.4 Å². The van der Waals surface area contributed by atoms with Crippen molar-refractivity contribution >= 4 is 5.69 Å². The van der Waals surface area contributed by atoms with Crippen molar-refractivity contribution in [1.82, 2.24) is 0 Å². The van der Waals surface area contributed by atoms with Crippen LogP contribution in [0.5, 0.6) is 5.75 Å². The molecule has 2 aromatic carbocycles. The van der Waals surface area contributed by atoms with E-state index in [0.29, 0.717) is 6.10 Å². The van der Waals surface area contributed by atoms with Crippen molar-refractivity contribution in [2.75, 3.05) is 18.0 Å².